The molecule has 0 atom stereocenters. The molecule has 0 bridgehead atoms. The number of oxazole rings is 1. The van der Waals surface area contributed by atoms with Crippen molar-refractivity contribution >= 4 is 28.0 Å². The zero-order valence-corrected chi connectivity index (χ0v) is 11.9. The number of carbonyl (C=O) groups is 1. The summed E-state index contributed by atoms with van der Waals surface area (Å²) in [5.74, 6) is 0.203. The summed E-state index contributed by atoms with van der Waals surface area (Å²) in [7, 11) is 0. The van der Waals surface area contributed by atoms with Crippen molar-refractivity contribution in [3.63, 3.8) is 0 Å². The van der Waals surface area contributed by atoms with Crippen molar-refractivity contribution in [1.82, 2.24) is 4.98 Å². The minimum Gasteiger partial charge on any atom is -0.478 e. The minimum atomic E-state index is -0.945. The first-order valence-corrected chi connectivity index (χ1v) is 6.80. The third-order valence-electron chi connectivity index (χ3n) is 3.00. The van der Waals surface area contributed by atoms with Crippen LogP contribution in [0.25, 0.3) is 17.5 Å². The first-order valence-electron chi connectivity index (χ1n) is 6.00. The standard InChI is InChI=1S/C15H10BrNO3/c16-11-5-1-9(2-6-11)14-17-12-7-3-10(15(18)19)4-8-13(12)20-14/h1-6,8H,7H2,(H,18,19). The molecule has 20 heavy (non-hydrogen) atoms. The van der Waals surface area contributed by atoms with E-state index in [0.717, 1.165) is 15.7 Å². The topological polar surface area (TPSA) is 63.3 Å². The highest BCUT2D eigenvalue weighted by molar-refractivity contribution is 9.10. The molecule has 4 nitrogen and oxygen atoms in total. The third-order valence-corrected chi connectivity index (χ3v) is 3.52. The zero-order chi connectivity index (χ0) is 14.1. The monoisotopic (exact) mass is 331 g/mol. The lowest BCUT2D eigenvalue weighted by atomic mass is 10.2. The summed E-state index contributed by atoms with van der Waals surface area (Å²) >= 11 is 3.38. The highest BCUT2D eigenvalue weighted by Gasteiger charge is 2.15. The maximum Gasteiger partial charge on any atom is 0.335 e. The lowest BCUT2D eigenvalue weighted by Gasteiger charge is -1.95. The maximum absolute atomic E-state index is 10.9. The Kier molecular flexibility index (Phi) is 3.28. The Bertz CT molecular complexity index is 726. The van der Waals surface area contributed by atoms with Crippen molar-refractivity contribution < 1.29 is 14.3 Å². The van der Waals surface area contributed by atoms with Gasteiger partial charge in [0, 0.05) is 16.5 Å². The van der Waals surface area contributed by atoms with Gasteiger partial charge in [-0.25, -0.2) is 9.78 Å². The predicted molar refractivity (Wildman–Crippen MR) is 78.1 cm³/mol. The van der Waals surface area contributed by atoms with Crippen LogP contribution < -0.4 is 0 Å². The van der Waals surface area contributed by atoms with Gasteiger partial charge < -0.3 is 9.52 Å². The summed E-state index contributed by atoms with van der Waals surface area (Å²) in [4.78, 5) is 15.4. The SMILES string of the molecule is O=C(O)C1=CCc2nc(-c3ccc(Br)cc3)oc2C=C1. The van der Waals surface area contributed by atoms with E-state index in [1.165, 1.54) is 6.08 Å². The second-order valence-electron chi connectivity index (χ2n) is 4.34. The van der Waals surface area contributed by atoms with Crippen molar-refractivity contribution in [3.8, 4) is 11.5 Å². The first-order chi connectivity index (χ1) is 9.63. The van der Waals surface area contributed by atoms with E-state index in [2.05, 4.69) is 20.9 Å². The predicted octanol–water partition coefficient (Wildman–Crippen LogP) is 3.68. The Labute approximate surface area is 123 Å². The summed E-state index contributed by atoms with van der Waals surface area (Å²) in [6.07, 6.45) is 5.27. The summed E-state index contributed by atoms with van der Waals surface area (Å²) < 4.78 is 6.69. The highest BCUT2D eigenvalue weighted by atomic mass is 79.9. The quantitative estimate of drug-likeness (QED) is 0.911. The van der Waals surface area contributed by atoms with Gasteiger partial charge in [-0.15, -0.1) is 0 Å². The molecule has 0 amide bonds. The van der Waals surface area contributed by atoms with Gasteiger partial charge >= 0.3 is 5.97 Å². The molecule has 0 spiro atoms. The average molecular weight is 332 g/mol. The van der Waals surface area contributed by atoms with E-state index >= 15 is 0 Å². The van der Waals surface area contributed by atoms with E-state index in [0.29, 0.717) is 18.1 Å². The van der Waals surface area contributed by atoms with Gasteiger partial charge in [-0.3, -0.25) is 0 Å². The van der Waals surface area contributed by atoms with Crippen LogP contribution in [0.1, 0.15) is 11.5 Å². The molecule has 2 aromatic rings. The van der Waals surface area contributed by atoms with E-state index < -0.39 is 5.97 Å². The Balaban J connectivity index is 1.95. The number of carboxylic acids is 1. The molecule has 1 N–H and O–H groups in total. The molecule has 0 unspecified atom stereocenters. The van der Waals surface area contributed by atoms with E-state index in [1.807, 2.05) is 24.3 Å². The molecular weight excluding hydrogens is 322 g/mol. The fourth-order valence-corrected chi connectivity index (χ4v) is 2.22. The van der Waals surface area contributed by atoms with Gasteiger partial charge in [0.15, 0.2) is 5.76 Å². The minimum absolute atomic E-state index is 0.253. The molecule has 5 heteroatoms. The smallest absolute Gasteiger partial charge is 0.335 e. The number of hydrogen-bond acceptors (Lipinski definition) is 3. The van der Waals surface area contributed by atoms with Crippen LogP contribution in [0, 0.1) is 0 Å². The van der Waals surface area contributed by atoms with Crippen LogP contribution in [0.5, 0.6) is 0 Å². The fourth-order valence-electron chi connectivity index (χ4n) is 1.95. The Hall–Kier alpha value is -2.14. The number of aliphatic carboxylic acids is 1. The van der Waals surface area contributed by atoms with Crippen LogP contribution in [-0.4, -0.2) is 16.1 Å². The molecule has 3 rings (SSSR count). The molecule has 0 aliphatic heterocycles. The maximum atomic E-state index is 10.9. The number of allylic oxidation sites excluding steroid dienone is 1. The van der Waals surface area contributed by atoms with Gasteiger partial charge in [-0.1, -0.05) is 22.0 Å². The molecule has 1 aliphatic rings. The zero-order valence-electron chi connectivity index (χ0n) is 10.3. The highest BCUT2D eigenvalue weighted by Crippen LogP contribution is 2.26. The third kappa shape index (κ3) is 2.44. The first kappa shape index (κ1) is 12.9. The molecule has 1 aliphatic carbocycles. The van der Waals surface area contributed by atoms with Crippen LogP contribution in [-0.2, 0) is 11.2 Å². The Morgan fingerprint density at radius 1 is 1.25 bits per heavy atom. The van der Waals surface area contributed by atoms with Gasteiger partial charge in [0.2, 0.25) is 5.89 Å². The Morgan fingerprint density at radius 2 is 2.00 bits per heavy atom. The number of halogens is 1. The van der Waals surface area contributed by atoms with Crippen molar-refractivity contribution in [2.45, 2.75) is 6.42 Å². The Morgan fingerprint density at radius 3 is 2.70 bits per heavy atom. The molecule has 1 aromatic carbocycles. The summed E-state index contributed by atoms with van der Waals surface area (Å²) in [5.41, 5.74) is 1.89. The van der Waals surface area contributed by atoms with Crippen LogP contribution in [0.4, 0.5) is 0 Å². The second-order valence-corrected chi connectivity index (χ2v) is 5.25. The van der Waals surface area contributed by atoms with E-state index in [-0.39, 0.29) is 5.57 Å². The lowest BCUT2D eigenvalue weighted by Crippen LogP contribution is -1.97. The molecule has 1 aromatic heterocycles. The second kappa shape index (κ2) is 5.09. The lowest BCUT2D eigenvalue weighted by molar-refractivity contribution is -0.132. The molecular formula is C15H10BrNO3. The molecule has 0 fully saturated rings. The fraction of sp³-hybridized carbons (Fsp3) is 0.0667. The van der Waals surface area contributed by atoms with Crippen LogP contribution in [0.15, 0.2) is 50.9 Å². The van der Waals surface area contributed by atoms with Crippen molar-refractivity contribution in [1.29, 1.82) is 0 Å². The normalized spacial score (nSPS) is 13.6. The number of carboxylic acid groups (broad SMARTS) is 1. The van der Waals surface area contributed by atoms with Gasteiger partial charge in [0.25, 0.3) is 0 Å². The van der Waals surface area contributed by atoms with E-state index in [9.17, 15) is 4.79 Å². The number of nitrogens with zero attached hydrogens (tertiary/aromatic N) is 1. The van der Waals surface area contributed by atoms with E-state index in [1.54, 1.807) is 12.2 Å². The van der Waals surface area contributed by atoms with Crippen molar-refractivity contribution in [3.05, 3.63) is 57.9 Å². The number of benzene rings is 1. The van der Waals surface area contributed by atoms with Gasteiger partial charge in [-0.2, -0.15) is 0 Å². The molecule has 1 heterocycles. The molecule has 0 radical (unpaired) electrons. The molecule has 100 valence electrons. The van der Waals surface area contributed by atoms with Crippen LogP contribution in [0.2, 0.25) is 0 Å². The number of rotatable bonds is 2. The van der Waals surface area contributed by atoms with Crippen molar-refractivity contribution in [2.24, 2.45) is 0 Å². The summed E-state index contributed by atoms with van der Waals surface area (Å²) in [6.45, 7) is 0. The van der Waals surface area contributed by atoms with Crippen LogP contribution >= 0.6 is 15.9 Å². The molecule has 0 saturated heterocycles. The van der Waals surface area contributed by atoms with Crippen molar-refractivity contribution in [2.75, 3.05) is 0 Å². The number of aromatic nitrogens is 1. The number of fused-ring (bicyclic) bond motifs is 1. The molecule has 0 saturated carbocycles. The van der Waals surface area contributed by atoms with E-state index in [4.69, 9.17) is 9.52 Å². The van der Waals surface area contributed by atoms with Crippen LogP contribution in [0.3, 0.4) is 0 Å². The van der Waals surface area contributed by atoms with Gasteiger partial charge in [0.1, 0.15) is 0 Å². The number of hydrogen-bond donors (Lipinski definition) is 1. The summed E-state index contributed by atoms with van der Waals surface area (Å²) in [6, 6.07) is 7.67. The van der Waals surface area contributed by atoms with Gasteiger partial charge in [0.05, 0.1) is 11.3 Å². The van der Waals surface area contributed by atoms with Gasteiger partial charge in [-0.05, 0) is 36.4 Å². The largest absolute Gasteiger partial charge is 0.478 e. The summed E-state index contributed by atoms with van der Waals surface area (Å²) in [5, 5.41) is 8.96. The average Bonchev–Trinajstić information content (AvgIpc) is 2.72.